The second-order valence-electron chi connectivity index (χ2n) is 5.12. The first kappa shape index (κ1) is 15.1. The number of carbonyl (C=O) groups excluding carboxylic acids is 1. The number of benzene rings is 1. The largest absolute Gasteiger partial charge is 0.480 e. The minimum atomic E-state index is -0.874. The van der Waals surface area contributed by atoms with E-state index in [9.17, 15) is 9.59 Å². The molecule has 21 heavy (non-hydrogen) atoms. The van der Waals surface area contributed by atoms with Crippen molar-refractivity contribution in [2.75, 3.05) is 5.32 Å². The van der Waals surface area contributed by atoms with E-state index in [0.717, 1.165) is 35.9 Å². The molecule has 0 unspecified atom stereocenters. The Morgan fingerprint density at radius 3 is 2.76 bits per heavy atom. The fourth-order valence-electron chi connectivity index (χ4n) is 2.32. The number of carboxylic acid groups (broad SMARTS) is 1. The summed E-state index contributed by atoms with van der Waals surface area (Å²) < 4.78 is 1.67. The second-order valence-corrected chi connectivity index (χ2v) is 5.12. The molecular formula is C16H20N2O3. The van der Waals surface area contributed by atoms with Crippen LogP contribution in [0.5, 0.6) is 0 Å². The van der Waals surface area contributed by atoms with Crippen molar-refractivity contribution in [1.29, 1.82) is 0 Å². The number of nitrogens with zero attached hydrogens (tertiary/aromatic N) is 1. The zero-order valence-corrected chi connectivity index (χ0v) is 12.1. The molecule has 0 saturated carbocycles. The third-order valence-corrected chi connectivity index (χ3v) is 3.37. The van der Waals surface area contributed by atoms with Crippen LogP contribution in [-0.4, -0.2) is 21.6 Å². The Labute approximate surface area is 123 Å². The maximum atomic E-state index is 11.8. The molecule has 112 valence electrons. The first-order valence-corrected chi connectivity index (χ1v) is 7.20. The van der Waals surface area contributed by atoms with E-state index in [1.165, 1.54) is 0 Å². The number of amides is 1. The normalized spacial score (nSPS) is 10.7. The third-order valence-electron chi connectivity index (χ3n) is 3.37. The quantitative estimate of drug-likeness (QED) is 0.768. The van der Waals surface area contributed by atoms with Crippen LogP contribution in [0.15, 0.2) is 30.5 Å². The molecule has 0 bridgehead atoms. The van der Waals surface area contributed by atoms with Crippen molar-refractivity contribution in [3.05, 3.63) is 30.5 Å². The maximum absolute atomic E-state index is 11.8. The van der Waals surface area contributed by atoms with Gasteiger partial charge in [-0.05, 0) is 30.7 Å². The number of hydrogen-bond donors (Lipinski definition) is 2. The van der Waals surface area contributed by atoms with Gasteiger partial charge in [-0.15, -0.1) is 0 Å². The summed E-state index contributed by atoms with van der Waals surface area (Å²) >= 11 is 0. The highest BCUT2D eigenvalue weighted by molar-refractivity contribution is 5.94. The molecule has 0 spiro atoms. The molecule has 5 nitrogen and oxygen atoms in total. The number of carbonyl (C=O) groups is 2. The minimum Gasteiger partial charge on any atom is -0.480 e. The Balaban J connectivity index is 2.06. The molecule has 0 aliphatic rings. The summed E-state index contributed by atoms with van der Waals surface area (Å²) in [7, 11) is 0. The van der Waals surface area contributed by atoms with Crippen molar-refractivity contribution in [3.63, 3.8) is 0 Å². The molecule has 5 heteroatoms. The molecule has 0 fully saturated rings. The lowest BCUT2D eigenvalue weighted by Crippen LogP contribution is -2.11. The van der Waals surface area contributed by atoms with Gasteiger partial charge >= 0.3 is 5.97 Å². The average Bonchev–Trinajstić information content (AvgIpc) is 2.81. The van der Waals surface area contributed by atoms with Crippen LogP contribution in [0.2, 0.25) is 0 Å². The Hall–Kier alpha value is -2.30. The molecule has 0 radical (unpaired) electrons. The number of unbranched alkanes of at least 4 members (excludes halogenated alkanes) is 2. The van der Waals surface area contributed by atoms with Crippen molar-refractivity contribution < 1.29 is 14.7 Å². The summed E-state index contributed by atoms with van der Waals surface area (Å²) in [6, 6.07) is 7.36. The molecule has 1 aromatic heterocycles. The van der Waals surface area contributed by atoms with Gasteiger partial charge in [0.1, 0.15) is 6.54 Å². The lowest BCUT2D eigenvalue weighted by atomic mass is 10.2. The van der Waals surface area contributed by atoms with E-state index < -0.39 is 5.97 Å². The van der Waals surface area contributed by atoms with Crippen LogP contribution in [0.3, 0.4) is 0 Å². The van der Waals surface area contributed by atoms with Gasteiger partial charge in [0, 0.05) is 29.2 Å². The Morgan fingerprint density at radius 1 is 1.24 bits per heavy atom. The highest BCUT2D eigenvalue weighted by Crippen LogP contribution is 2.21. The Morgan fingerprint density at radius 2 is 2.05 bits per heavy atom. The fourth-order valence-corrected chi connectivity index (χ4v) is 2.32. The predicted molar refractivity (Wildman–Crippen MR) is 82.3 cm³/mol. The molecule has 1 amide bonds. The van der Waals surface area contributed by atoms with Gasteiger partial charge in [-0.1, -0.05) is 19.8 Å². The SMILES string of the molecule is CCCCCC(=O)Nc1ccc2c(ccn2CC(=O)O)c1. The van der Waals surface area contributed by atoms with Gasteiger partial charge < -0.3 is 15.0 Å². The highest BCUT2D eigenvalue weighted by atomic mass is 16.4. The maximum Gasteiger partial charge on any atom is 0.323 e. The number of hydrogen-bond acceptors (Lipinski definition) is 2. The number of carboxylic acids is 1. The summed E-state index contributed by atoms with van der Waals surface area (Å²) in [5.41, 5.74) is 1.60. The molecular weight excluding hydrogens is 268 g/mol. The van der Waals surface area contributed by atoms with E-state index >= 15 is 0 Å². The molecule has 0 aliphatic heterocycles. The number of rotatable bonds is 7. The van der Waals surface area contributed by atoms with Crippen LogP contribution in [-0.2, 0) is 16.1 Å². The van der Waals surface area contributed by atoms with Crippen molar-refractivity contribution in [3.8, 4) is 0 Å². The van der Waals surface area contributed by atoms with Gasteiger partial charge in [-0.3, -0.25) is 9.59 Å². The van der Waals surface area contributed by atoms with Crippen LogP contribution in [0.1, 0.15) is 32.6 Å². The van der Waals surface area contributed by atoms with Crippen LogP contribution in [0.25, 0.3) is 10.9 Å². The topological polar surface area (TPSA) is 71.3 Å². The summed E-state index contributed by atoms with van der Waals surface area (Å²) in [4.78, 5) is 22.6. The molecule has 0 saturated heterocycles. The molecule has 0 aliphatic carbocycles. The zero-order valence-electron chi connectivity index (χ0n) is 12.1. The monoisotopic (exact) mass is 288 g/mol. The van der Waals surface area contributed by atoms with E-state index in [1.807, 2.05) is 18.2 Å². The molecule has 2 rings (SSSR count). The molecule has 1 heterocycles. The summed E-state index contributed by atoms with van der Waals surface area (Å²) in [6.07, 6.45) is 5.33. The Bertz CT molecular complexity index is 646. The van der Waals surface area contributed by atoms with Crippen LogP contribution >= 0.6 is 0 Å². The van der Waals surface area contributed by atoms with Crippen molar-refractivity contribution in [2.24, 2.45) is 0 Å². The van der Waals surface area contributed by atoms with Gasteiger partial charge in [-0.2, -0.15) is 0 Å². The number of fused-ring (bicyclic) bond motifs is 1. The minimum absolute atomic E-state index is 0.0211. The lowest BCUT2D eigenvalue weighted by molar-refractivity contribution is -0.137. The zero-order chi connectivity index (χ0) is 15.2. The van der Waals surface area contributed by atoms with E-state index in [-0.39, 0.29) is 12.5 Å². The fraction of sp³-hybridized carbons (Fsp3) is 0.375. The lowest BCUT2D eigenvalue weighted by Gasteiger charge is -2.06. The predicted octanol–water partition coefficient (Wildman–Crippen LogP) is 3.24. The van der Waals surface area contributed by atoms with E-state index in [4.69, 9.17) is 5.11 Å². The van der Waals surface area contributed by atoms with E-state index in [2.05, 4.69) is 12.2 Å². The third kappa shape index (κ3) is 4.08. The molecule has 1 aromatic carbocycles. The van der Waals surface area contributed by atoms with Gasteiger partial charge in [0.15, 0.2) is 0 Å². The van der Waals surface area contributed by atoms with Crippen molar-refractivity contribution in [1.82, 2.24) is 4.57 Å². The molecule has 0 atom stereocenters. The first-order chi connectivity index (χ1) is 10.1. The van der Waals surface area contributed by atoms with Crippen LogP contribution < -0.4 is 5.32 Å². The standard InChI is InChI=1S/C16H20N2O3/c1-2-3-4-5-15(19)17-13-6-7-14-12(10-13)8-9-18(14)11-16(20)21/h6-10H,2-5,11H2,1H3,(H,17,19)(H,20,21). The van der Waals surface area contributed by atoms with Crippen LogP contribution in [0.4, 0.5) is 5.69 Å². The van der Waals surface area contributed by atoms with Gasteiger partial charge in [0.25, 0.3) is 0 Å². The van der Waals surface area contributed by atoms with Crippen molar-refractivity contribution >= 4 is 28.5 Å². The molecule has 2 aromatic rings. The number of aliphatic carboxylic acids is 1. The second kappa shape index (κ2) is 6.92. The Kier molecular flexibility index (Phi) is 4.98. The van der Waals surface area contributed by atoms with Gasteiger partial charge in [0.2, 0.25) is 5.91 Å². The summed E-state index contributed by atoms with van der Waals surface area (Å²) in [6.45, 7) is 2.04. The van der Waals surface area contributed by atoms with E-state index in [1.54, 1.807) is 16.8 Å². The number of nitrogens with one attached hydrogen (secondary N) is 1. The van der Waals surface area contributed by atoms with E-state index in [0.29, 0.717) is 6.42 Å². The van der Waals surface area contributed by atoms with Gasteiger partial charge in [0.05, 0.1) is 0 Å². The van der Waals surface area contributed by atoms with Crippen LogP contribution in [0, 0.1) is 0 Å². The first-order valence-electron chi connectivity index (χ1n) is 7.20. The van der Waals surface area contributed by atoms with Crippen molar-refractivity contribution in [2.45, 2.75) is 39.2 Å². The highest BCUT2D eigenvalue weighted by Gasteiger charge is 2.07. The summed E-state index contributed by atoms with van der Waals surface area (Å²) in [5.74, 6) is -0.853. The summed E-state index contributed by atoms with van der Waals surface area (Å²) in [5, 5.41) is 12.6. The number of aromatic nitrogens is 1. The smallest absolute Gasteiger partial charge is 0.323 e. The van der Waals surface area contributed by atoms with Gasteiger partial charge in [-0.25, -0.2) is 0 Å². The average molecular weight is 288 g/mol. The number of anilines is 1. The molecule has 2 N–H and O–H groups in total.